The molecule has 0 aromatic carbocycles. The molecule has 0 saturated carbocycles. The van der Waals surface area contributed by atoms with Crippen LogP contribution in [0.2, 0.25) is 0 Å². The summed E-state index contributed by atoms with van der Waals surface area (Å²) in [5.41, 5.74) is 10.4. The molecule has 0 saturated heterocycles. The number of nitrogen functional groups attached to an aromatic ring is 2. The molecule has 2 rings (SSSR count). The molecule has 6 heteroatoms. The number of rotatable bonds is 1. The van der Waals surface area contributed by atoms with Gasteiger partial charge in [-0.3, -0.25) is 4.79 Å². The molecular weight excluding hydrogens is 200 g/mol. The normalized spacial score (nSPS) is 10.3. The van der Waals surface area contributed by atoms with Crippen molar-refractivity contribution >= 4 is 22.8 Å². The third-order valence-corrected chi connectivity index (χ3v) is 2.62. The van der Waals surface area contributed by atoms with E-state index in [1.54, 1.807) is 0 Å². The number of H-pyrrole nitrogens is 1. The molecule has 5 nitrogen and oxygen atoms in total. The van der Waals surface area contributed by atoms with E-state index in [0.29, 0.717) is 5.82 Å². The third kappa shape index (κ3) is 1.35. The van der Waals surface area contributed by atoms with E-state index in [2.05, 4.69) is 9.97 Å². The summed E-state index contributed by atoms with van der Waals surface area (Å²) in [6.45, 7) is 0. The summed E-state index contributed by atoms with van der Waals surface area (Å²) in [4.78, 5) is 18.7. The lowest BCUT2D eigenvalue weighted by atomic mass is 10.4. The van der Waals surface area contributed by atoms with Gasteiger partial charge in [-0.1, -0.05) is 6.07 Å². The molecule has 0 unspecified atom stereocenters. The number of aromatic nitrogens is 2. The Labute approximate surface area is 83.4 Å². The van der Waals surface area contributed by atoms with Crippen LogP contribution < -0.4 is 17.0 Å². The summed E-state index contributed by atoms with van der Waals surface area (Å²) in [7, 11) is 0. The summed E-state index contributed by atoms with van der Waals surface area (Å²) < 4.78 is 0. The van der Waals surface area contributed by atoms with Gasteiger partial charge >= 0.3 is 0 Å². The minimum absolute atomic E-state index is 0.0368. The highest BCUT2D eigenvalue weighted by molar-refractivity contribution is 7.13. The van der Waals surface area contributed by atoms with E-state index in [-0.39, 0.29) is 11.5 Å². The predicted molar refractivity (Wildman–Crippen MR) is 57.0 cm³/mol. The van der Waals surface area contributed by atoms with Crippen LogP contribution in [0.5, 0.6) is 0 Å². The van der Waals surface area contributed by atoms with E-state index in [9.17, 15) is 4.79 Å². The molecule has 0 aliphatic carbocycles. The lowest BCUT2D eigenvalue weighted by molar-refractivity contribution is 1.15. The van der Waals surface area contributed by atoms with Gasteiger partial charge in [-0.15, -0.1) is 11.3 Å². The molecule has 0 spiro atoms. The fraction of sp³-hybridized carbons (Fsp3) is 0. The number of aromatic amines is 1. The van der Waals surface area contributed by atoms with Gasteiger partial charge in [0.15, 0.2) is 11.6 Å². The number of hydrogen-bond donors (Lipinski definition) is 3. The Morgan fingerprint density at radius 1 is 1.43 bits per heavy atom. The van der Waals surface area contributed by atoms with E-state index in [1.807, 2.05) is 17.5 Å². The van der Waals surface area contributed by atoms with Crippen molar-refractivity contribution in [3.8, 4) is 10.7 Å². The maximum absolute atomic E-state index is 11.3. The zero-order chi connectivity index (χ0) is 10.1. The Balaban J connectivity index is 2.63. The van der Waals surface area contributed by atoms with Gasteiger partial charge in [-0.2, -0.15) is 0 Å². The monoisotopic (exact) mass is 208 g/mol. The predicted octanol–water partition coefficient (Wildman–Crippen LogP) is 0.663. The second-order valence-corrected chi connectivity index (χ2v) is 3.64. The number of nitrogens with zero attached hydrogens (tertiary/aromatic N) is 1. The molecule has 0 aliphatic heterocycles. The van der Waals surface area contributed by atoms with E-state index < -0.39 is 5.56 Å². The number of nitrogens with one attached hydrogen (secondary N) is 1. The molecular formula is C8H8N4OS. The van der Waals surface area contributed by atoms with E-state index in [1.165, 1.54) is 11.3 Å². The molecule has 2 aromatic heterocycles. The Hall–Kier alpha value is -1.82. The molecule has 5 N–H and O–H groups in total. The van der Waals surface area contributed by atoms with Crippen LogP contribution in [0, 0.1) is 0 Å². The Morgan fingerprint density at radius 2 is 2.21 bits per heavy atom. The average Bonchev–Trinajstić information content (AvgIpc) is 2.66. The number of thiophene rings is 1. The van der Waals surface area contributed by atoms with Crippen LogP contribution in [-0.4, -0.2) is 9.97 Å². The summed E-state index contributed by atoms with van der Waals surface area (Å²) in [6, 6.07) is 3.71. The maximum Gasteiger partial charge on any atom is 0.276 e. The van der Waals surface area contributed by atoms with Crippen molar-refractivity contribution in [2.75, 3.05) is 11.5 Å². The second-order valence-electron chi connectivity index (χ2n) is 2.69. The SMILES string of the molecule is Nc1nc(-c2cccs2)[nH]c(=O)c1N. The summed E-state index contributed by atoms with van der Waals surface area (Å²) >= 11 is 1.47. The summed E-state index contributed by atoms with van der Waals surface area (Å²) in [5.74, 6) is 0.522. The van der Waals surface area contributed by atoms with E-state index in [0.717, 1.165) is 4.88 Å². The van der Waals surface area contributed by atoms with Gasteiger partial charge in [-0.25, -0.2) is 4.98 Å². The van der Waals surface area contributed by atoms with E-state index in [4.69, 9.17) is 11.5 Å². The van der Waals surface area contributed by atoms with E-state index >= 15 is 0 Å². The second kappa shape index (κ2) is 3.15. The molecule has 0 bridgehead atoms. The van der Waals surface area contributed by atoms with Gasteiger partial charge in [0.2, 0.25) is 0 Å². The van der Waals surface area contributed by atoms with Crippen LogP contribution in [0.15, 0.2) is 22.3 Å². The van der Waals surface area contributed by atoms with Gasteiger partial charge in [0, 0.05) is 0 Å². The molecule has 14 heavy (non-hydrogen) atoms. The number of anilines is 2. The molecule has 0 radical (unpaired) electrons. The molecule has 72 valence electrons. The lowest BCUT2D eigenvalue weighted by Crippen LogP contribution is -2.16. The summed E-state index contributed by atoms with van der Waals surface area (Å²) in [6.07, 6.45) is 0. The van der Waals surface area contributed by atoms with Crippen molar-refractivity contribution in [3.05, 3.63) is 27.9 Å². The fourth-order valence-electron chi connectivity index (χ4n) is 1.03. The van der Waals surface area contributed by atoms with Crippen molar-refractivity contribution in [1.29, 1.82) is 0 Å². The van der Waals surface area contributed by atoms with Crippen LogP contribution >= 0.6 is 11.3 Å². The highest BCUT2D eigenvalue weighted by Gasteiger charge is 2.07. The van der Waals surface area contributed by atoms with Gasteiger partial charge in [0.1, 0.15) is 5.69 Å². The van der Waals surface area contributed by atoms with Crippen LogP contribution in [0.3, 0.4) is 0 Å². The third-order valence-electron chi connectivity index (χ3n) is 1.74. The minimum Gasteiger partial charge on any atom is -0.391 e. The van der Waals surface area contributed by atoms with Crippen molar-refractivity contribution in [3.63, 3.8) is 0 Å². The first kappa shape index (κ1) is 8.76. The van der Waals surface area contributed by atoms with Crippen LogP contribution in [-0.2, 0) is 0 Å². The quantitative estimate of drug-likeness (QED) is 0.641. The number of hydrogen-bond acceptors (Lipinski definition) is 5. The molecule has 0 fully saturated rings. The number of nitrogens with two attached hydrogens (primary N) is 2. The lowest BCUT2D eigenvalue weighted by Gasteiger charge is -2.00. The topological polar surface area (TPSA) is 97.8 Å². The molecule has 0 amide bonds. The minimum atomic E-state index is -0.402. The first-order chi connectivity index (χ1) is 6.68. The molecule has 2 heterocycles. The van der Waals surface area contributed by atoms with Crippen LogP contribution in [0.4, 0.5) is 11.5 Å². The fourth-order valence-corrected chi connectivity index (χ4v) is 1.70. The van der Waals surface area contributed by atoms with Crippen molar-refractivity contribution < 1.29 is 0 Å². The maximum atomic E-state index is 11.3. The largest absolute Gasteiger partial charge is 0.391 e. The Bertz CT molecular complexity index is 503. The first-order valence-electron chi connectivity index (χ1n) is 3.87. The average molecular weight is 208 g/mol. The standard InChI is InChI=1S/C8H8N4OS/c9-5-6(10)11-7(12-8(5)13)4-2-1-3-14-4/h1-3H,9H2,(H3,10,11,12,13). The Kier molecular flexibility index (Phi) is 1.97. The van der Waals surface area contributed by atoms with Gasteiger partial charge in [0.05, 0.1) is 4.88 Å². The molecule has 0 aliphatic rings. The Morgan fingerprint density at radius 3 is 2.79 bits per heavy atom. The molecule has 0 atom stereocenters. The highest BCUT2D eigenvalue weighted by atomic mass is 32.1. The zero-order valence-electron chi connectivity index (χ0n) is 7.15. The van der Waals surface area contributed by atoms with Crippen molar-refractivity contribution in [1.82, 2.24) is 9.97 Å². The zero-order valence-corrected chi connectivity index (χ0v) is 7.97. The van der Waals surface area contributed by atoms with Crippen molar-refractivity contribution in [2.45, 2.75) is 0 Å². The van der Waals surface area contributed by atoms with Gasteiger partial charge in [-0.05, 0) is 11.4 Å². The summed E-state index contributed by atoms with van der Waals surface area (Å²) in [5, 5.41) is 1.89. The molecule has 2 aromatic rings. The van der Waals surface area contributed by atoms with Gasteiger partial charge < -0.3 is 16.5 Å². The first-order valence-corrected chi connectivity index (χ1v) is 4.75. The van der Waals surface area contributed by atoms with Gasteiger partial charge in [0.25, 0.3) is 5.56 Å². The van der Waals surface area contributed by atoms with Crippen LogP contribution in [0.25, 0.3) is 10.7 Å². The smallest absolute Gasteiger partial charge is 0.276 e. The van der Waals surface area contributed by atoms with Crippen molar-refractivity contribution in [2.24, 2.45) is 0 Å². The van der Waals surface area contributed by atoms with Crippen LogP contribution in [0.1, 0.15) is 0 Å². The highest BCUT2D eigenvalue weighted by Crippen LogP contribution is 2.21.